The van der Waals surface area contributed by atoms with Gasteiger partial charge in [0.2, 0.25) is 0 Å². The van der Waals surface area contributed by atoms with Gasteiger partial charge in [0.15, 0.2) is 5.78 Å². The summed E-state index contributed by atoms with van der Waals surface area (Å²) < 4.78 is 0. The van der Waals surface area contributed by atoms with Crippen molar-refractivity contribution in [1.29, 1.82) is 0 Å². The quantitative estimate of drug-likeness (QED) is 0.376. The van der Waals surface area contributed by atoms with Gasteiger partial charge < -0.3 is 5.11 Å². The van der Waals surface area contributed by atoms with E-state index in [1.54, 1.807) is 32.1 Å². The molecule has 0 atom stereocenters. The summed E-state index contributed by atoms with van der Waals surface area (Å²) >= 11 is 0. The fourth-order valence-corrected chi connectivity index (χ4v) is 0.571. The molecule has 2 heteroatoms. The van der Waals surface area contributed by atoms with Crippen LogP contribution in [-0.2, 0) is 4.79 Å². The second-order valence-electron chi connectivity index (χ2n) is 3.00. The van der Waals surface area contributed by atoms with E-state index in [1.165, 1.54) is 13.8 Å². The lowest BCUT2D eigenvalue weighted by Gasteiger charge is -2.05. The van der Waals surface area contributed by atoms with E-state index in [0.717, 1.165) is 0 Å². The molecule has 0 saturated heterocycles. The predicted molar refractivity (Wildman–Crippen MR) is 52.0 cm³/mol. The molecule has 0 heterocycles. The van der Waals surface area contributed by atoms with Gasteiger partial charge in [0.25, 0.3) is 0 Å². The van der Waals surface area contributed by atoms with Crippen LogP contribution in [0.15, 0.2) is 35.1 Å². The van der Waals surface area contributed by atoms with Crippen molar-refractivity contribution in [1.82, 2.24) is 0 Å². The normalized spacial score (nSPS) is 14.6. The van der Waals surface area contributed by atoms with Crippen molar-refractivity contribution < 1.29 is 9.90 Å². The second-order valence-corrected chi connectivity index (χ2v) is 3.00. The highest BCUT2D eigenvalue weighted by Crippen LogP contribution is 2.00. The molecule has 0 radical (unpaired) electrons. The SMILES string of the molecule is CC(=O)/C(C)=C/C=C/C(C)=C(/C)[O-]. The molecule has 0 N–H and O–H groups in total. The highest BCUT2D eigenvalue weighted by Gasteiger charge is 1.91. The average molecular weight is 179 g/mol. The number of Topliss-reactive ketones (excluding diaryl/α,β-unsaturated/α-hetero) is 1. The molecule has 0 bridgehead atoms. The molecule has 0 aromatic carbocycles. The summed E-state index contributed by atoms with van der Waals surface area (Å²) in [5.74, 6) is 0.0928. The Labute approximate surface area is 79.3 Å². The number of hydrogen-bond acceptors (Lipinski definition) is 2. The first-order chi connectivity index (χ1) is 5.95. The van der Waals surface area contributed by atoms with Crippen LogP contribution >= 0.6 is 0 Å². The second kappa shape index (κ2) is 5.36. The van der Waals surface area contributed by atoms with E-state index in [9.17, 15) is 9.90 Å². The van der Waals surface area contributed by atoms with E-state index >= 15 is 0 Å². The largest absolute Gasteiger partial charge is 0.875 e. The molecule has 0 aliphatic heterocycles. The Balaban J connectivity index is 4.41. The lowest BCUT2D eigenvalue weighted by Crippen LogP contribution is -1.99. The van der Waals surface area contributed by atoms with Gasteiger partial charge in [0.05, 0.1) is 0 Å². The van der Waals surface area contributed by atoms with Crippen LogP contribution in [-0.4, -0.2) is 5.78 Å². The lowest BCUT2D eigenvalue weighted by atomic mass is 10.2. The van der Waals surface area contributed by atoms with Crippen molar-refractivity contribution >= 4 is 5.78 Å². The third-order valence-electron chi connectivity index (χ3n) is 1.80. The van der Waals surface area contributed by atoms with Crippen LogP contribution in [0.25, 0.3) is 0 Å². The van der Waals surface area contributed by atoms with Crippen LogP contribution in [0.4, 0.5) is 0 Å². The standard InChI is InChI=1S/C11H16O2/c1-8(10(3)12)6-5-7-9(2)11(4)13/h5-7,12H,1-4H3/p-1/b6-5+,9-7+,10-8-. The summed E-state index contributed by atoms with van der Waals surface area (Å²) in [6, 6.07) is 0. The first kappa shape index (κ1) is 11.7. The Morgan fingerprint density at radius 1 is 1.15 bits per heavy atom. The maximum Gasteiger partial charge on any atom is 0.155 e. The number of rotatable bonds is 3. The smallest absolute Gasteiger partial charge is 0.155 e. The van der Waals surface area contributed by atoms with Crippen LogP contribution in [0.5, 0.6) is 0 Å². The van der Waals surface area contributed by atoms with Crippen LogP contribution in [0, 0.1) is 0 Å². The number of ketones is 1. The van der Waals surface area contributed by atoms with Crippen LogP contribution in [0.3, 0.4) is 0 Å². The number of carbonyl (C=O) groups is 1. The highest BCUT2D eigenvalue weighted by molar-refractivity contribution is 5.92. The minimum atomic E-state index is 0.0464. The van der Waals surface area contributed by atoms with E-state index in [1.807, 2.05) is 0 Å². The first-order valence-corrected chi connectivity index (χ1v) is 4.15. The third kappa shape index (κ3) is 5.01. The van der Waals surface area contributed by atoms with Gasteiger partial charge in [-0.15, -0.1) is 5.76 Å². The molecular weight excluding hydrogens is 164 g/mol. The molecule has 72 valence electrons. The van der Waals surface area contributed by atoms with Gasteiger partial charge in [0, 0.05) is 0 Å². The van der Waals surface area contributed by atoms with E-state index in [2.05, 4.69) is 0 Å². The summed E-state index contributed by atoms with van der Waals surface area (Å²) in [4.78, 5) is 10.8. The van der Waals surface area contributed by atoms with Gasteiger partial charge in [-0.05, 0) is 26.3 Å². The molecular formula is C11H15O2-. The monoisotopic (exact) mass is 179 g/mol. The fourth-order valence-electron chi connectivity index (χ4n) is 0.571. The molecule has 0 rings (SSSR count). The van der Waals surface area contributed by atoms with Crippen molar-refractivity contribution in [3.8, 4) is 0 Å². The third-order valence-corrected chi connectivity index (χ3v) is 1.80. The van der Waals surface area contributed by atoms with Crippen LogP contribution in [0.1, 0.15) is 27.7 Å². The Hall–Kier alpha value is -1.31. The molecule has 13 heavy (non-hydrogen) atoms. The number of allylic oxidation sites excluding steroid dienone is 6. The molecule has 0 aliphatic rings. The molecule has 2 nitrogen and oxygen atoms in total. The minimum Gasteiger partial charge on any atom is -0.875 e. The minimum absolute atomic E-state index is 0.0464. The van der Waals surface area contributed by atoms with E-state index in [0.29, 0.717) is 11.1 Å². The summed E-state index contributed by atoms with van der Waals surface area (Å²) in [5, 5.41) is 10.8. The topological polar surface area (TPSA) is 40.1 Å². The van der Waals surface area contributed by atoms with E-state index < -0.39 is 0 Å². The lowest BCUT2D eigenvalue weighted by molar-refractivity contribution is -0.303. The summed E-state index contributed by atoms with van der Waals surface area (Å²) in [6.45, 7) is 6.52. The summed E-state index contributed by atoms with van der Waals surface area (Å²) in [7, 11) is 0. The number of carbonyl (C=O) groups excluding carboxylic acids is 1. The highest BCUT2D eigenvalue weighted by atomic mass is 16.3. The van der Waals surface area contributed by atoms with Gasteiger partial charge in [-0.3, -0.25) is 4.79 Å². The van der Waals surface area contributed by atoms with Gasteiger partial charge in [-0.1, -0.05) is 30.7 Å². The Kier molecular flexibility index (Phi) is 4.82. The molecule has 0 amide bonds. The average Bonchev–Trinajstić information content (AvgIpc) is 2.03. The molecule has 0 fully saturated rings. The van der Waals surface area contributed by atoms with E-state index in [-0.39, 0.29) is 11.5 Å². The molecule has 0 aliphatic carbocycles. The fraction of sp³-hybridized carbons (Fsp3) is 0.364. The van der Waals surface area contributed by atoms with Gasteiger partial charge in [-0.25, -0.2) is 0 Å². The van der Waals surface area contributed by atoms with Crippen LogP contribution < -0.4 is 5.11 Å². The first-order valence-electron chi connectivity index (χ1n) is 4.15. The zero-order chi connectivity index (χ0) is 10.4. The van der Waals surface area contributed by atoms with E-state index in [4.69, 9.17) is 0 Å². The summed E-state index contributed by atoms with van der Waals surface area (Å²) in [5.41, 5.74) is 1.38. The van der Waals surface area contributed by atoms with Crippen molar-refractivity contribution in [2.75, 3.05) is 0 Å². The Morgan fingerprint density at radius 3 is 2.08 bits per heavy atom. The zero-order valence-electron chi connectivity index (χ0n) is 8.55. The molecule has 0 spiro atoms. The maximum absolute atomic E-state index is 10.8. The van der Waals surface area contributed by atoms with Crippen molar-refractivity contribution in [3.63, 3.8) is 0 Å². The molecule has 0 aromatic rings. The Morgan fingerprint density at radius 2 is 1.69 bits per heavy atom. The molecule has 0 aromatic heterocycles. The zero-order valence-corrected chi connectivity index (χ0v) is 8.55. The van der Waals surface area contributed by atoms with Crippen molar-refractivity contribution in [2.45, 2.75) is 27.7 Å². The van der Waals surface area contributed by atoms with Gasteiger partial charge in [0.1, 0.15) is 0 Å². The molecule has 0 saturated carbocycles. The van der Waals surface area contributed by atoms with Gasteiger partial charge in [-0.2, -0.15) is 0 Å². The van der Waals surface area contributed by atoms with Crippen LogP contribution in [0.2, 0.25) is 0 Å². The Bertz CT molecular complexity index is 276. The molecule has 0 unspecified atom stereocenters. The van der Waals surface area contributed by atoms with Crippen molar-refractivity contribution in [3.05, 3.63) is 35.1 Å². The maximum atomic E-state index is 10.8. The van der Waals surface area contributed by atoms with Crippen molar-refractivity contribution in [2.24, 2.45) is 0 Å². The predicted octanol–water partition coefficient (Wildman–Crippen LogP) is 1.73. The number of hydrogen-bond donors (Lipinski definition) is 0. The summed E-state index contributed by atoms with van der Waals surface area (Å²) in [6.07, 6.45) is 5.12. The van der Waals surface area contributed by atoms with Gasteiger partial charge >= 0.3 is 0 Å².